The van der Waals surface area contributed by atoms with Gasteiger partial charge in [-0.15, -0.1) is 0 Å². The largest absolute Gasteiger partial charge is 0.0623 e. The predicted molar refractivity (Wildman–Crippen MR) is 45.7 cm³/mol. The van der Waals surface area contributed by atoms with Gasteiger partial charge in [0.15, 0.2) is 0 Å². The van der Waals surface area contributed by atoms with Crippen LogP contribution in [0, 0.1) is 0 Å². The molecule has 0 radical (unpaired) electrons. The van der Waals surface area contributed by atoms with Crippen LogP contribution in [0.4, 0.5) is 0 Å². The minimum atomic E-state index is 0.694. The lowest BCUT2D eigenvalue weighted by Gasteiger charge is -1.69. The molecule has 0 atom stereocenters. The molecule has 1 aromatic rings. The van der Waals surface area contributed by atoms with Crippen LogP contribution < -0.4 is 0 Å². The Morgan fingerprint density at radius 2 is 0.778 bits per heavy atom. The van der Waals surface area contributed by atoms with Gasteiger partial charge in [-0.05, 0) is 21.4 Å². The highest BCUT2D eigenvalue weighted by molar-refractivity contribution is 8.38. The molecule has 0 aliphatic heterocycles. The fourth-order valence-electron chi connectivity index (χ4n) is 0.385. The molecular formula is C6H6Cl2S. The maximum Gasteiger partial charge on any atom is 0.0523 e. The minimum Gasteiger partial charge on any atom is -0.0623 e. The predicted octanol–water partition coefficient (Wildman–Crippen LogP) is 3.71. The molecule has 0 spiro atoms. The average Bonchev–Trinajstić information content (AvgIpc) is 1.93. The molecule has 0 saturated heterocycles. The van der Waals surface area contributed by atoms with Crippen LogP contribution in [0.15, 0.2) is 36.4 Å². The van der Waals surface area contributed by atoms with Crippen LogP contribution in [0.1, 0.15) is 0 Å². The fraction of sp³-hybridized carbons (Fsp3) is 0. The van der Waals surface area contributed by atoms with Crippen molar-refractivity contribution in [2.24, 2.45) is 0 Å². The van der Waals surface area contributed by atoms with Gasteiger partial charge in [0, 0.05) is 0 Å². The van der Waals surface area contributed by atoms with Gasteiger partial charge in [-0.2, -0.15) is 0 Å². The van der Waals surface area contributed by atoms with E-state index in [1.54, 1.807) is 0 Å². The van der Waals surface area contributed by atoms with Gasteiger partial charge < -0.3 is 0 Å². The molecule has 1 rings (SSSR count). The van der Waals surface area contributed by atoms with Crippen LogP contribution in [-0.2, 0) is 0 Å². The molecular weight excluding hydrogens is 175 g/mol. The van der Waals surface area contributed by atoms with Gasteiger partial charge in [0.1, 0.15) is 0 Å². The quantitative estimate of drug-likeness (QED) is 0.587. The highest BCUT2D eigenvalue weighted by atomic mass is 36.0. The van der Waals surface area contributed by atoms with Crippen molar-refractivity contribution >= 4 is 31.6 Å². The Hall–Kier alpha value is 0.150. The Labute approximate surface area is 68.2 Å². The van der Waals surface area contributed by atoms with Gasteiger partial charge >= 0.3 is 0 Å². The summed E-state index contributed by atoms with van der Waals surface area (Å²) in [5.74, 6) is 0. The molecule has 9 heavy (non-hydrogen) atoms. The normalized spacial score (nSPS) is 7.33. The lowest BCUT2D eigenvalue weighted by atomic mass is 10.4. The fourth-order valence-corrected chi connectivity index (χ4v) is 0.385. The molecule has 0 aliphatic rings. The Morgan fingerprint density at radius 1 is 0.667 bits per heavy atom. The van der Waals surface area contributed by atoms with E-state index < -0.39 is 0 Å². The van der Waals surface area contributed by atoms with Crippen LogP contribution in [0.2, 0.25) is 0 Å². The van der Waals surface area contributed by atoms with Crippen LogP contribution in [0.3, 0.4) is 0 Å². The van der Waals surface area contributed by atoms with Crippen molar-refractivity contribution in [3.05, 3.63) is 36.4 Å². The molecule has 0 aromatic heterocycles. The summed E-state index contributed by atoms with van der Waals surface area (Å²) in [6.07, 6.45) is 0. The zero-order valence-corrected chi connectivity index (χ0v) is 6.96. The van der Waals surface area contributed by atoms with E-state index in [1.165, 1.54) is 0 Å². The first-order valence-corrected chi connectivity index (χ1v) is 4.78. The van der Waals surface area contributed by atoms with Gasteiger partial charge in [0.05, 0.1) is 10.2 Å². The third-order valence-corrected chi connectivity index (χ3v) is 0.667. The Balaban J connectivity index is 0.000000187. The smallest absolute Gasteiger partial charge is 0.0523 e. The molecule has 1 aromatic carbocycles. The first-order chi connectivity index (χ1) is 4.41. The summed E-state index contributed by atoms with van der Waals surface area (Å²) >= 11 is 0. The van der Waals surface area contributed by atoms with Crippen molar-refractivity contribution in [3.63, 3.8) is 0 Å². The van der Waals surface area contributed by atoms with E-state index in [0.717, 1.165) is 0 Å². The average molecular weight is 181 g/mol. The maximum absolute atomic E-state index is 4.68. The van der Waals surface area contributed by atoms with Crippen molar-refractivity contribution in [2.75, 3.05) is 0 Å². The number of halogens is 2. The number of rotatable bonds is 0. The first kappa shape index (κ1) is 9.15. The van der Waals surface area contributed by atoms with Crippen molar-refractivity contribution < 1.29 is 0 Å². The molecule has 0 saturated carbocycles. The third kappa shape index (κ3) is 8.15. The monoisotopic (exact) mass is 180 g/mol. The second-order valence-electron chi connectivity index (χ2n) is 1.21. The Kier molecular flexibility index (Phi) is 8.29. The van der Waals surface area contributed by atoms with E-state index in [2.05, 4.69) is 21.4 Å². The zero-order valence-electron chi connectivity index (χ0n) is 4.63. The lowest BCUT2D eigenvalue weighted by molar-refractivity contribution is 1.72. The van der Waals surface area contributed by atoms with Gasteiger partial charge in [-0.3, -0.25) is 0 Å². The SMILES string of the molecule is ClSCl.c1ccccc1. The van der Waals surface area contributed by atoms with E-state index in [0.29, 0.717) is 10.2 Å². The van der Waals surface area contributed by atoms with E-state index in [-0.39, 0.29) is 0 Å². The maximum atomic E-state index is 4.68. The molecule has 3 heteroatoms. The molecule has 50 valence electrons. The number of hydrogen-bond acceptors (Lipinski definition) is 1. The molecule has 0 bridgehead atoms. The third-order valence-electron chi connectivity index (χ3n) is 0.667. The van der Waals surface area contributed by atoms with E-state index in [1.807, 2.05) is 36.4 Å². The first-order valence-electron chi connectivity index (χ1n) is 2.31. The lowest BCUT2D eigenvalue weighted by Crippen LogP contribution is -1.47. The summed E-state index contributed by atoms with van der Waals surface area (Å²) in [7, 11) is 10.1. The highest BCUT2D eigenvalue weighted by Crippen LogP contribution is 2.08. The Morgan fingerprint density at radius 3 is 0.889 bits per heavy atom. The highest BCUT2D eigenvalue weighted by Gasteiger charge is 1.57. The number of hydrogen-bond donors (Lipinski definition) is 0. The summed E-state index contributed by atoms with van der Waals surface area (Å²) in [6, 6.07) is 12.0. The van der Waals surface area contributed by atoms with Crippen molar-refractivity contribution in [1.82, 2.24) is 0 Å². The summed E-state index contributed by atoms with van der Waals surface area (Å²) in [5, 5.41) is 0. The molecule has 0 amide bonds. The van der Waals surface area contributed by atoms with E-state index in [4.69, 9.17) is 0 Å². The molecule has 0 nitrogen and oxygen atoms in total. The van der Waals surface area contributed by atoms with Crippen LogP contribution >= 0.6 is 31.6 Å². The second kappa shape index (κ2) is 8.15. The minimum absolute atomic E-state index is 0.694. The van der Waals surface area contributed by atoms with Gasteiger partial charge in [-0.1, -0.05) is 36.4 Å². The van der Waals surface area contributed by atoms with E-state index in [9.17, 15) is 0 Å². The number of benzene rings is 1. The second-order valence-corrected chi connectivity index (χ2v) is 2.73. The van der Waals surface area contributed by atoms with Crippen LogP contribution in [0.25, 0.3) is 0 Å². The molecule has 0 aliphatic carbocycles. The van der Waals surface area contributed by atoms with Crippen LogP contribution in [-0.4, -0.2) is 0 Å². The van der Waals surface area contributed by atoms with Crippen molar-refractivity contribution in [3.8, 4) is 0 Å². The van der Waals surface area contributed by atoms with Gasteiger partial charge in [0.25, 0.3) is 0 Å². The summed E-state index contributed by atoms with van der Waals surface area (Å²) in [6.45, 7) is 0. The molecule has 0 fully saturated rings. The van der Waals surface area contributed by atoms with Crippen molar-refractivity contribution in [1.29, 1.82) is 0 Å². The summed E-state index contributed by atoms with van der Waals surface area (Å²) in [4.78, 5) is 0. The molecule has 0 heterocycles. The van der Waals surface area contributed by atoms with E-state index >= 15 is 0 Å². The molecule has 0 unspecified atom stereocenters. The summed E-state index contributed by atoms with van der Waals surface area (Å²) in [5.41, 5.74) is 0. The zero-order chi connectivity index (χ0) is 6.95. The van der Waals surface area contributed by atoms with Crippen LogP contribution in [0.5, 0.6) is 0 Å². The van der Waals surface area contributed by atoms with Gasteiger partial charge in [-0.25, -0.2) is 0 Å². The van der Waals surface area contributed by atoms with Gasteiger partial charge in [0.2, 0.25) is 0 Å². The standard InChI is InChI=1S/C6H6.Cl2S/c1-2-4-6-5-3-1;1-3-2/h1-6H;. The summed E-state index contributed by atoms with van der Waals surface area (Å²) < 4.78 is 0. The Bertz CT molecular complexity index is 93.9. The molecule has 0 N–H and O–H groups in total. The topological polar surface area (TPSA) is 0 Å². The van der Waals surface area contributed by atoms with Crippen molar-refractivity contribution in [2.45, 2.75) is 0 Å².